The van der Waals surface area contributed by atoms with Gasteiger partial charge in [-0.25, -0.2) is 0 Å². The molecule has 0 unspecified atom stereocenters. The molecule has 1 aliphatic rings. The molecular formula is C13H17BrN2O3. The fourth-order valence-electron chi connectivity index (χ4n) is 2.57. The molecule has 1 saturated carbocycles. The maximum Gasteiger partial charge on any atom is 0.270 e. The molecule has 0 aromatic heterocycles. The van der Waals surface area contributed by atoms with E-state index < -0.39 is 4.92 Å². The van der Waals surface area contributed by atoms with E-state index in [1.54, 1.807) is 6.07 Å². The summed E-state index contributed by atoms with van der Waals surface area (Å²) in [4.78, 5) is 10.4. The van der Waals surface area contributed by atoms with E-state index in [1.807, 2.05) is 6.07 Å². The van der Waals surface area contributed by atoms with E-state index in [9.17, 15) is 15.2 Å². The van der Waals surface area contributed by atoms with Crippen molar-refractivity contribution in [1.82, 2.24) is 5.32 Å². The highest BCUT2D eigenvalue weighted by atomic mass is 79.9. The van der Waals surface area contributed by atoms with Crippen molar-refractivity contribution in [3.05, 3.63) is 38.3 Å². The maximum atomic E-state index is 10.8. The first-order valence-electron chi connectivity index (χ1n) is 6.34. The highest BCUT2D eigenvalue weighted by Crippen LogP contribution is 2.30. The van der Waals surface area contributed by atoms with Crippen LogP contribution in [0.15, 0.2) is 22.7 Å². The summed E-state index contributed by atoms with van der Waals surface area (Å²) in [5.41, 5.74) is 0.716. The summed E-state index contributed by atoms with van der Waals surface area (Å²) in [5, 5.41) is 23.7. The molecule has 0 saturated heterocycles. The number of nitro benzene ring substituents is 1. The van der Waals surface area contributed by atoms with Gasteiger partial charge in [0.2, 0.25) is 0 Å². The van der Waals surface area contributed by atoms with Gasteiger partial charge in [0, 0.05) is 28.7 Å². The normalized spacial score (nSPS) is 17.6. The summed E-state index contributed by atoms with van der Waals surface area (Å²) in [7, 11) is 0. The van der Waals surface area contributed by atoms with E-state index >= 15 is 0 Å². The monoisotopic (exact) mass is 328 g/mol. The Morgan fingerprint density at radius 2 is 2.05 bits per heavy atom. The number of nitrogens with zero attached hydrogens (tertiary/aromatic N) is 1. The Morgan fingerprint density at radius 3 is 2.63 bits per heavy atom. The number of nitrogens with one attached hydrogen (secondary N) is 1. The first-order valence-corrected chi connectivity index (χ1v) is 7.14. The topological polar surface area (TPSA) is 75.4 Å². The fraction of sp³-hybridized carbons (Fsp3) is 0.538. The van der Waals surface area contributed by atoms with Gasteiger partial charge in [-0.3, -0.25) is 10.1 Å². The fourth-order valence-corrected chi connectivity index (χ4v) is 3.10. The molecule has 0 atom stereocenters. The molecule has 1 aromatic rings. The molecule has 1 fully saturated rings. The number of hydrogen-bond acceptors (Lipinski definition) is 4. The van der Waals surface area contributed by atoms with Gasteiger partial charge in [0.15, 0.2) is 0 Å². The summed E-state index contributed by atoms with van der Waals surface area (Å²) in [6.45, 7) is 0.643. The molecule has 19 heavy (non-hydrogen) atoms. The number of non-ortho nitro benzene ring substituents is 1. The van der Waals surface area contributed by atoms with E-state index in [0.717, 1.165) is 31.2 Å². The zero-order chi connectivity index (χ0) is 13.9. The second-order valence-electron chi connectivity index (χ2n) is 5.07. The van der Waals surface area contributed by atoms with E-state index in [1.165, 1.54) is 6.07 Å². The first kappa shape index (κ1) is 14.4. The van der Waals surface area contributed by atoms with Crippen molar-refractivity contribution in [2.45, 2.75) is 37.8 Å². The molecule has 104 valence electrons. The summed E-state index contributed by atoms with van der Waals surface area (Å²) in [5.74, 6) is 0. The summed E-state index contributed by atoms with van der Waals surface area (Å²) in [6.07, 6.45) is 4.15. The zero-order valence-electron chi connectivity index (χ0n) is 10.6. The van der Waals surface area contributed by atoms with Gasteiger partial charge in [0.05, 0.1) is 11.5 Å². The molecule has 1 aliphatic carbocycles. The predicted octanol–water partition coefficient (Wildman–Crippen LogP) is 2.75. The van der Waals surface area contributed by atoms with Gasteiger partial charge < -0.3 is 10.4 Å². The minimum Gasteiger partial charge on any atom is -0.394 e. The Morgan fingerprint density at radius 1 is 1.37 bits per heavy atom. The van der Waals surface area contributed by atoms with Gasteiger partial charge in [0.25, 0.3) is 5.69 Å². The minimum atomic E-state index is -0.397. The number of rotatable bonds is 5. The molecular weight excluding hydrogens is 312 g/mol. The lowest BCUT2D eigenvalue weighted by atomic mass is 9.98. The van der Waals surface area contributed by atoms with Crippen LogP contribution in [0.1, 0.15) is 31.2 Å². The Kier molecular flexibility index (Phi) is 4.54. The van der Waals surface area contributed by atoms with Crippen molar-refractivity contribution in [3.8, 4) is 0 Å². The number of hydrogen-bond donors (Lipinski definition) is 2. The van der Waals surface area contributed by atoms with Gasteiger partial charge in [0.1, 0.15) is 0 Å². The molecule has 2 N–H and O–H groups in total. The van der Waals surface area contributed by atoms with Crippen molar-refractivity contribution in [2.24, 2.45) is 0 Å². The Labute approximate surface area is 120 Å². The highest BCUT2D eigenvalue weighted by molar-refractivity contribution is 9.10. The predicted molar refractivity (Wildman–Crippen MR) is 75.9 cm³/mol. The van der Waals surface area contributed by atoms with Crippen molar-refractivity contribution in [2.75, 3.05) is 6.61 Å². The first-order chi connectivity index (χ1) is 9.04. The average Bonchev–Trinajstić information content (AvgIpc) is 2.85. The van der Waals surface area contributed by atoms with Crippen LogP contribution in [0.3, 0.4) is 0 Å². The van der Waals surface area contributed by atoms with Crippen LogP contribution in [0.4, 0.5) is 5.69 Å². The average molecular weight is 329 g/mol. The maximum absolute atomic E-state index is 10.8. The third-order valence-corrected chi connectivity index (χ3v) is 4.14. The molecule has 0 aliphatic heterocycles. The van der Waals surface area contributed by atoms with Gasteiger partial charge >= 0.3 is 0 Å². The van der Waals surface area contributed by atoms with Gasteiger partial charge in [-0.05, 0) is 24.5 Å². The lowest BCUT2D eigenvalue weighted by molar-refractivity contribution is -0.385. The molecule has 6 heteroatoms. The number of benzene rings is 1. The highest BCUT2D eigenvalue weighted by Gasteiger charge is 2.32. The number of halogens is 1. The lowest BCUT2D eigenvalue weighted by Gasteiger charge is -2.28. The van der Waals surface area contributed by atoms with Gasteiger partial charge in [-0.15, -0.1) is 0 Å². The molecule has 0 heterocycles. The Hall–Kier alpha value is -0.980. The largest absolute Gasteiger partial charge is 0.394 e. The van der Waals surface area contributed by atoms with Crippen LogP contribution >= 0.6 is 15.9 Å². The number of nitro groups is 1. The molecule has 5 nitrogen and oxygen atoms in total. The van der Waals surface area contributed by atoms with Crippen LogP contribution < -0.4 is 5.32 Å². The van der Waals surface area contributed by atoms with Crippen molar-refractivity contribution in [1.29, 1.82) is 0 Å². The SMILES string of the molecule is O=[N+]([O-])c1cc(Br)cc(CNC2(CO)CCCC2)c1. The standard InChI is InChI=1S/C13H17BrN2O3/c14-11-5-10(6-12(7-11)16(18)19)8-15-13(9-17)3-1-2-4-13/h5-7,15,17H,1-4,8-9H2. The minimum absolute atomic E-state index is 0.0793. The molecule has 0 amide bonds. The van der Waals surface area contributed by atoms with Crippen LogP contribution in [0.25, 0.3) is 0 Å². The molecule has 0 bridgehead atoms. The van der Waals surface area contributed by atoms with E-state index in [2.05, 4.69) is 21.2 Å². The van der Waals surface area contributed by atoms with Crippen molar-refractivity contribution in [3.63, 3.8) is 0 Å². The quantitative estimate of drug-likeness (QED) is 0.643. The van der Waals surface area contributed by atoms with Crippen LogP contribution in [0.5, 0.6) is 0 Å². The second kappa shape index (κ2) is 5.98. The van der Waals surface area contributed by atoms with Crippen LogP contribution in [-0.2, 0) is 6.54 Å². The van der Waals surface area contributed by atoms with E-state index in [-0.39, 0.29) is 17.8 Å². The van der Waals surface area contributed by atoms with E-state index in [0.29, 0.717) is 11.0 Å². The number of aliphatic hydroxyl groups is 1. The summed E-state index contributed by atoms with van der Waals surface area (Å²) in [6, 6.07) is 4.92. The third kappa shape index (κ3) is 3.52. The smallest absolute Gasteiger partial charge is 0.270 e. The molecule has 0 radical (unpaired) electrons. The zero-order valence-corrected chi connectivity index (χ0v) is 12.1. The third-order valence-electron chi connectivity index (χ3n) is 3.68. The second-order valence-corrected chi connectivity index (χ2v) is 5.99. The van der Waals surface area contributed by atoms with Crippen molar-refractivity contribution >= 4 is 21.6 Å². The summed E-state index contributed by atoms with van der Waals surface area (Å²) >= 11 is 3.28. The molecule has 1 aromatic carbocycles. The van der Waals surface area contributed by atoms with Gasteiger partial charge in [-0.2, -0.15) is 0 Å². The van der Waals surface area contributed by atoms with Crippen LogP contribution in [0, 0.1) is 10.1 Å². The summed E-state index contributed by atoms with van der Waals surface area (Å²) < 4.78 is 0.697. The van der Waals surface area contributed by atoms with Gasteiger partial charge in [-0.1, -0.05) is 28.8 Å². The Bertz CT molecular complexity index is 473. The lowest BCUT2D eigenvalue weighted by Crippen LogP contribution is -2.45. The van der Waals surface area contributed by atoms with Crippen LogP contribution in [-0.4, -0.2) is 22.2 Å². The number of aliphatic hydroxyl groups excluding tert-OH is 1. The van der Waals surface area contributed by atoms with Crippen molar-refractivity contribution < 1.29 is 10.0 Å². The van der Waals surface area contributed by atoms with Crippen LogP contribution in [0.2, 0.25) is 0 Å². The molecule has 0 spiro atoms. The van der Waals surface area contributed by atoms with E-state index in [4.69, 9.17) is 0 Å². The Balaban J connectivity index is 2.08. The molecule has 2 rings (SSSR count).